The van der Waals surface area contributed by atoms with Gasteiger partial charge in [0.15, 0.2) is 0 Å². The molecule has 0 radical (unpaired) electrons. The van der Waals surface area contributed by atoms with E-state index in [1.807, 2.05) is 18.2 Å². The quantitative estimate of drug-likeness (QED) is 0.871. The standard InChI is InChI=1S/C17H14ClFO2/c18-15-9-5-8-14(17(15)19)12-21-16-10-2-1-6-13(16)7-3-4-11-20/h1-2,5-6,8-10,20H,4,11-12H2. The summed E-state index contributed by atoms with van der Waals surface area (Å²) in [4.78, 5) is 0. The molecule has 0 aromatic heterocycles. The van der Waals surface area contributed by atoms with Crippen molar-refractivity contribution in [2.24, 2.45) is 0 Å². The molecule has 0 aliphatic rings. The van der Waals surface area contributed by atoms with Gasteiger partial charge in [-0.05, 0) is 18.2 Å². The molecule has 0 amide bonds. The van der Waals surface area contributed by atoms with Crippen molar-refractivity contribution in [3.05, 3.63) is 64.4 Å². The van der Waals surface area contributed by atoms with Gasteiger partial charge in [0, 0.05) is 12.0 Å². The van der Waals surface area contributed by atoms with E-state index in [0.717, 1.165) is 0 Å². The predicted octanol–water partition coefficient (Wildman–Crippen LogP) is 3.79. The van der Waals surface area contributed by atoms with Gasteiger partial charge in [-0.15, -0.1) is 0 Å². The summed E-state index contributed by atoms with van der Waals surface area (Å²) < 4.78 is 19.4. The second-order valence-electron chi connectivity index (χ2n) is 4.27. The molecule has 0 saturated heterocycles. The minimum atomic E-state index is -0.469. The number of para-hydroxylation sites is 1. The summed E-state index contributed by atoms with van der Waals surface area (Å²) in [7, 11) is 0. The van der Waals surface area contributed by atoms with Gasteiger partial charge >= 0.3 is 0 Å². The number of benzene rings is 2. The SMILES string of the molecule is OCCC#Cc1ccccc1OCc1cccc(Cl)c1F. The minimum absolute atomic E-state index is 0.0176. The minimum Gasteiger partial charge on any atom is -0.487 e. The maximum absolute atomic E-state index is 13.8. The predicted molar refractivity (Wildman–Crippen MR) is 80.8 cm³/mol. The molecular formula is C17H14ClFO2. The highest BCUT2D eigenvalue weighted by atomic mass is 35.5. The van der Waals surface area contributed by atoms with Gasteiger partial charge in [0.25, 0.3) is 0 Å². The van der Waals surface area contributed by atoms with E-state index in [9.17, 15) is 4.39 Å². The van der Waals surface area contributed by atoms with Crippen molar-refractivity contribution >= 4 is 11.6 Å². The average Bonchev–Trinajstić information content (AvgIpc) is 2.50. The second-order valence-corrected chi connectivity index (χ2v) is 4.68. The van der Waals surface area contributed by atoms with Crippen LogP contribution in [0, 0.1) is 17.7 Å². The molecule has 0 unspecified atom stereocenters. The summed E-state index contributed by atoms with van der Waals surface area (Å²) in [5, 5.41) is 8.81. The molecule has 0 saturated carbocycles. The fourth-order valence-corrected chi connectivity index (χ4v) is 1.92. The number of halogens is 2. The van der Waals surface area contributed by atoms with E-state index in [4.69, 9.17) is 21.4 Å². The van der Waals surface area contributed by atoms with Crippen molar-refractivity contribution < 1.29 is 14.2 Å². The Labute approximate surface area is 128 Å². The maximum Gasteiger partial charge on any atom is 0.148 e. The highest BCUT2D eigenvalue weighted by Crippen LogP contribution is 2.22. The highest BCUT2D eigenvalue weighted by Gasteiger charge is 2.07. The van der Waals surface area contributed by atoms with Gasteiger partial charge in [0.2, 0.25) is 0 Å². The van der Waals surface area contributed by atoms with E-state index < -0.39 is 5.82 Å². The molecule has 2 nitrogen and oxygen atoms in total. The number of hydrogen-bond donors (Lipinski definition) is 1. The van der Waals surface area contributed by atoms with Crippen LogP contribution < -0.4 is 4.74 Å². The summed E-state index contributed by atoms with van der Waals surface area (Å²) >= 11 is 5.73. The van der Waals surface area contributed by atoms with Crippen LogP contribution in [-0.2, 0) is 6.61 Å². The molecule has 2 aromatic carbocycles. The highest BCUT2D eigenvalue weighted by molar-refractivity contribution is 6.30. The Kier molecular flexibility index (Phi) is 5.62. The summed E-state index contributed by atoms with van der Waals surface area (Å²) in [6, 6.07) is 12.0. The summed E-state index contributed by atoms with van der Waals surface area (Å²) in [6.07, 6.45) is 0.400. The van der Waals surface area contributed by atoms with Crippen LogP contribution in [0.25, 0.3) is 0 Å². The molecule has 0 bridgehead atoms. The summed E-state index contributed by atoms with van der Waals surface area (Å²) in [5.41, 5.74) is 1.09. The first-order valence-corrected chi connectivity index (χ1v) is 6.84. The zero-order chi connectivity index (χ0) is 15.1. The topological polar surface area (TPSA) is 29.5 Å². The third-order valence-corrected chi connectivity index (χ3v) is 3.05. The fraction of sp³-hybridized carbons (Fsp3) is 0.176. The zero-order valence-corrected chi connectivity index (χ0v) is 12.0. The number of ether oxygens (including phenoxy) is 1. The molecule has 1 N–H and O–H groups in total. The maximum atomic E-state index is 13.8. The Morgan fingerprint density at radius 1 is 1.14 bits per heavy atom. The number of aliphatic hydroxyl groups is 1. The first kappa shape index (κ1) is 15.4. The fourth-order valence-electron chi connectivity index (χ4n) is 1.72. The van der Waals surface area contributed by atoms with E-state index in [1.54, 1.807) is 18.2 Å². The molecule has 0 fully saturated rings. The molecule has 21 heavy (non-hydrogen) atoms. The van der Waals surface area contributed by atoms with Crippen LogP contribution in [0.1, 0.15) is 17.5 Å². The van der Waals surface area contributed by atoms with E-state index in [2.05, 4.69) is 11.8 Å². The molecule has 2 rings (SSSR count). The smallest absolute Gasteiger partial charge is 0.148 e. The van der Waals surface area contributed by atoms with Crippen LogP contribution in [0.4, 0.5) is 4.39 Å². The number of hydrogen-bond acceptors (Lipinski definition) is 2. The zero-order valence-electron chi connectivity index (χ0n) is 11.3. The van der Waals surface area contributed by atoms with Gasteiger partial charge < -0.3 is 9.84 Å². The lowest BCUT2D eigenvalue weighted by Crippen LogP contribution is -2.00. The normalized spacial score (nSPS) is 9.86. The van der Waals surface area contributed by atoms with Gasteiger partial charge in [0.05, 0.1) is 17.2 Å². The number of aliphatic hydroxyl groups excluding tert-OH is 1. The van der Waals surface area contributed by atoms with Gasteiger partial charge in [-0.3, -0.25) is 0 Å². The van der Waals surface area contributed by atoms with Crippen LogP contribution in [0.5, 0.6) is 5.75 Å². The Morgan fingerprint density at radius 2 is 1.95 bits per heavy atom. The summed E-state index contributed by atoms with van der Waals surface area (Å²) in [6.45, 7) is 0.0921. The number of rotatable bonds is 4. The van der Waals surface area contributed by atoms with Crippen molar-refractivity contribution in [1.82, 2.24) is 0 Å². The van der Waals surface area contributed by atoms with Crippen molar-refractivity contribution in [2.75, 3.05) is 6.61 Å². The lowest BCUT2D eigenvalue weighted by molar-refractivity contribution is 0.299. The van der Waals surface area contributed by atoms with E-state index >= 15 is 0 Å². The molecule has 2 aromatic rings. The average molecular weight is 305 g/mol. The molecule has 0 aliphatic carbocycles. The van der Waals surface area contributed by atoms with Crippen molar-refractivity contribution in [2.45, 2.75) is 13.0 Å². The lowest BCUT2D eigenvalue weighted by atomic mass is 10.2. The molecule has 0 heterocycles. The Balaban J connectivity index is 2.14. The van der Waals surface area contributed by atoms with Crippen molar-refractivity contribution in [3.8, 4) is 17.6 Å². The van der Waals surface area contributed by atoms with Gasteiger partial charge in [-0.25, -0.2) is 4.39 Å². The molecule has 0 aliphatic heterocycles. The van der Waals surface area contributed by atoms with Gasteiger partial charge in [0.1, 0.15) is 18.2 Å². The first-order chi connectivity index (χ1) is 10.2. The Hall–Kier alpha value is -2.02. The van der Waals surface area contributed by atoms with Crippen LogP contribution in [0.15, 0.2) is 42.5 Å². The third-order valence-electron chi connectivity index (χ3n) is 2.76. The van der Waals surface area contributed by atoms with Gasteiger partial charge in [-0.1, -0.05) is 47.7 Å². The first-order valence-electron chi connectivity index (χ1n) is 6.47. The van der Waals surface area contributed by atoms with Crippen LogP contribution in [0.3, 0.4) is 0 Å². The van der Waals surface area contributed by atoms with Gasteiger partial charge in [-0.2, -0.15) is 0 Å². The third kappa shape index (κ3) is 4.22. The van der Waals surface area contributed by atoms with Crippen molar-refractivity contribution in [1.29, 1.82) is 0 Å². The summed E-state index contributed by atoms with van der Waals surface area (Å²) in [5.74, 6) is 5.86. The molecule has 108 valence electrons. The lowest BCUT2D eigenvalue weighted by Gasteiger charge is -2.09. The molecule has 0 atom stereocenters. The van der Waals surface area contributed by atoms with E-state index in [-0.39, 0.29) is 18.2 Å². The largest absolute Gasteiger partial charge is 0.487 e. The Bertz CT molecular complexity index is 674. The van der Waals surface area contributed by atoms with Crippen LogP contribution in [0.2, 0.25) is 5.02 Å². The Morgan fingerprint density at radius 3 is 2.76 bits per heavy atom. The molecular weight excluding hydrogens is 291 g/mol. The molecule has 4 heteroatoms. The van der Waals surface area contributed by atoms with Crippen LogP contribution >= 0.6 is 11.6 Å². The van der Waals surface area contributed by atoms with Crippen molar-refractivity contribution in [3.63, 3.8) is 0 Å². The van der Waals surface area contributed by atoms with E-state index in [0.29, 0.717) is 23.3 Å². The monoisotopic (exact) mass is 304 g/mol. The van der Waals surface area contributed by atoms with Crippen LogP contribution in [-0.4, -0.2) is 11.7 Å². The second kappa shape index (κ2) is 7.68. The molecule has 0 spiro atoms. The van der Waals surface area contributed by atoms with E-state index in [1.165, 1.54) is 6.07 Å².